The number of nitriles is 1. The highest BCUT2D eigenvalue weighted by atomic mass is 19.1. The van der Waals surface area contributed by atoms with Crippen molar-refractivity contribution < 1.29 is 19.1 Å². The van der Waals surface area contributed by atoms with Gasteiger partial charge in [0.05, 0.1) is 35.9 Å². The summed E-state index contributed by atoms with van der Waals surface area (Å²) in [7, 11) is 1.82. The number of rotatable bonds is 7. The van der Waals surface area contributed by atoms with Crippen LogP contribution in [0.4, 0.5) is 15.0 Å². The molecule has 1 aliphatic rings. The smallest absolute Gasteiger partial charge is 0.404 e. The van der Waals surface area contributed by atoms with Crippen LogP contribution in [0.15, 0.2) is 67.4 Å². The maximum atomic E-state index is 13.5. The average Bonchev–Trinajstić information content (AvgIpc) is 3.67. The molecule has 0 bridgehead atoms. The van der Waals surface area contributed by atoms with Gasteiger partial charge in [0.15, 0.2) is 0 Å². The fourth-order valence-corrected chi connectivity index (χ4v) is 5.31. The van der Waals surface area contributed by atoms with Gasteiger partial charge in [0.1, 0.15) is 28.8 Å². The second kappa shape index (κ2) is 11.8. The van der Waals surface area contributed by atoms with Crippen molar-refractivity contribution in [2.75, 3.05) is 37.6 Å². The van der Waals surface area contributed by atoms with Crippen molar-refractivity contribution >= 4 is 23.3 Å². The van der Waals surface area contributed by atoms with E-state index in [-0.39, 0.29) is 12.5 Å². The van der Waals surface area contributed by atoms with Crippen molar-refractivity contribution in [3.8, 4) is 28.6 Å². The number of hydrogen-bond acceptors (Lipinski definition) is 8. The molecule has 2 amide bonds. The third-order valence-electron chi connectivity index (χ3n) is 7.58. The zero-order chi connectivity index (χ0) is 30.8. The number of carbonyl (C=O) groups excluding carboxylic acids is 1. The average molecular weight is 595 g/mol. The predicted octanol–water partition coefficient (Wildman–Crippen LogP) is 2.90. The molecule has 0 aliphatic carbocycles. The van der Waals surface area contributed by atoms with Gasteiger partial charge in [0.25, 0.3) is 0 Å². The van der Waals surface area contributed by atoms with E-state index in [0.29, 0.717) is 59.8 Å². The number of halogens is 1. The van der Waals surface area contributed by atoms with Gasteiger partial charge in [-0.15, -0.1) is 0 Å². The highest BCUT2D eigenvalue weighted by Crippen LogP contribution is 2.29. The predicted molar refractivity (Wildman–Crippen MR) is 157 cm³/mol. The number of carboxylic acid groups (broad SMARTS) is 1. The highest BCUT2D eigenvalue weighted by Gasteiger charge is 2.29. The molecule has 13 nitrogen and oxygen atoms in total. The topological polar surface area (TPSA) is 158 Å². The Balaban J connectivity index is 1.19. The molecule has 5 aromatic rings. The number of aromatic nitrogens is 6. The van der Waals surface area contributed by atoms with Gasteiger partial charge in [-0.05, 0) is 29.8 Å². The van der Waals surface area contributed by atoms with Crippen LogP contribution in [0.5, 0.6) is 0 Å². The first-order valence-electron chi connectivity index (χ1n) is 13.8. The van der Waals surface area contributed by atoms with Crippen LogP contribution in [-0.2, 0) is 11.8 Å². The molecule has 5 heterocycles. The van der Waals surface area contributed by atoms with E-state index in [1.165, 1.54) is 30.5 Å². The number of hydrogen-bond donors (Lipinski definition) is 2. The number of benzene rings is 1. The van der Waals surface area contributed by atoms with Gasteiger partial charge in [0.2, 0.25) is 5.91 Å². The van der Waals surface area contributed by atoms with Crippen LogP contribution < -0.4 is 10.2 Å². The SMILES string of the molecule is Cn1cc(-c2cn3ncc(C#N)c3c(-c3ccc(N4CCN(C(=O)C(CNC(=O)O)c5ccc(F)cc5)CC4)nc3)n2)cn1. The quantitative estimate of drug-likeness (QED) is 0.289. The summed E-state index contributed by atoms with van der Waals surface area (Å²) in [4.78, 5) is 37.9. The van der Waals surface area contributed by atoms with Crippen molar-refractivity contribution in [2.45, 2.75) is 5.92 Å². The van der Waals surface area contributed by atoms with E-state index >= 15 is 0 Å². The Labute approximate surface area is 250 Å². The van der Waals surface area contributed by atoms with Gasteiger partial charge in [-0.3, -0.25) is 9.48 Å². The molecule has 4 aromatic heterocycles. The fraction of sp³-hybridized carbons (Fsp3) is 0.233. The summed E-state index contributed by atoms with van der Waals surface area (Å²) in [5, 5.41) is 29.7. The molecular formula is C30H27FN10O3. The van der Waals surface area contributed by atoms with Crippen molar-refractivity contribution in [3.63, 3.8) is 0 Å². The maximum Gasteiger partial charge on any atom is 0.404 e. The van der Waals surface area contributed by atoms with Crippen LogP contribution in [-0.4, -0.2) is 84.1 Å². The Morgan fingerprint density at radius 2 is 1.80 bits per heavy atom. The largest absolute Gasteiger partial charge is 0.465 e. The summed E-state index contributed by atoms with van der Waals surface area (Å²) in [5.41, 5.74) is 4.25. The molecule has 1 aromatic carbocycles. The fourth-order valence-electron chi connectivity index (χ4n) is 5.31. The lowest BCUT2D eigenvalue weighted by atomic mass is 9.97. The summed E-state index contributed by atoms with van der Waals surface area (Å²) < 4.78 is 16.8. The van der Waals surface area contributed by atoms with E-state index in [9.17, 15) is 19.2 Å². The number of nitrogens with one attached hydrogen (secondary N) is 1. The standard InChI is InChI=1S/C30H27FN10O3/c1-38-17-22(15-35-38)25-18-41-28(21(12-32)14-36-41)27(37-25)20-4-7-26(33-13-20)39-8-10-40(11-9-39)29(42)24(16-34-30(43)44)19-2-5-23(31)6-3-19/h2-7,13-15,17-18,24,34H,8-11,16H2,1H3,(H,43,44). The lowest BCUT2D eigenvalue weighted by Gasteiger charge is -2.37. The van der Waals surface area contributed by atoms with Gasteiger partial charge in [0, 0.05) is 63.3 Å². The number of pyridine rings is 1. The van der Waals surface area contributed by atoms with Gasteiger partial charge in [-0.25, -0.2) is 23.7 Å². The van der Waals surface area contributed by atoms with Crippen LogP contribution in [0.2, 0.25) is 0 Å². The number of anilines is 1. The molecule has 2 N–H and O–H groups in total. The van der Waals surface area contributed by atoms with Crippen molar-refractivity contribution in [1.29, 1.82) is 5.26 Å². The molecule has 1 saturated heterocycles. The summed E-state index contributed by atoms with van der Waals surface area (Å²) in [6.45, 7) is 1.73. The zero-order valence-corrected chi connectivity index (χ0v) is 23.6. The summed E-state index contributed by atoms with van der Waals surface area (Å²) in [6, 6.07) is 11.5. The van der Waals surface area contributed by atoms with E-state index < -0.39 is 17.8 Å². The van der Waals surface area contributed by atoms with E-state index in [4.69, 9.17) is 10.1 Å². The Kier molecular flexibility index (Phi) is 7.59. The van der Waals surface area contributed by atoms with Gasteiger partial charge in [-0.2, -0.15) is 15.5 Å². The number of piperazine rings is 1. The van der Waals surface area contributed by atoms with E-state index in [1.54, 1.807) is 32.7 Å². The summed E-state index contributed by atoms with van der Waals surface area (Å²) >= 11 is 0. The Bertz CT molecular complexity index is 1870. The normalized spacial score (nSPS) is 13.9. The molecular weight excluding hydrogens is 567 g/mol. The highest BCUT2D eigenvalue weighted by molar-refractivity contribution is 5.85. The number of nitrogens with zero attached hydrogens (tertiary/aromatic N) is 9. The van der Waals surface area contributed by atoms with E-state index in [1.807, 2.05) is 25.4 Å². The molecule has 1 aliphatic heterocycles. The summed E-state index contributed by atoms with van der Waals surface area (Å²) in [5.74, 6) is -0.720. The minimum Gasteiger partial charge on any atom is -0.465 e. The Morgan fingerprint density at radius 1 is 1.02 bits per heavy atom. The monoisotopic (exact) mass is 594 g/mol. The Morgan fingerprint density at radius 3 is 2.43 bits per heavy atom. The minimum atomic E-state index is -1.24. The lowest BCUT2D eigenvalue weighted by Crippen LogP contribution is -2.51. The van der Waals surface area contributed by atoms with Gasteiger partial charge >= 0.3 is 6.09 Å². The van der Waals surface area contributed by atoms with Crippen LogP contribution in [0.1, 0.15) is 17.0 Å². The molecule has 44 heavy (non-hydrogen) atoms. The molecule has 1 unspecified atom stereocenters. The molecule has 0 radical (unpaired) electrons. The zero-order valence-electron chi connectivity index (χ0n) is 23.6. The summed E-state index contributed by atoms with van der Waals surface area (Å²) in [6.07, 6.45) is 7.30. The van der Waals surface area contributed by atoms with E-state index in [2.05, 4.69) is 31.5 Å². The van der Waals surface area contributed by atoms with Gasteiger partial charge < -0.3 is 20.2 Å². The molecule has 1 atom stereocenters. The number of amides is 2. The molecule has 0 spiro atoms. The first kappa shape index (κ1) is 28.3. The Hall–Kier alpha value is -5.84. The third-order valence-corrected chi connectivity index (χ3v) is 7.58. The maximum absolute atomic E-state index is 13.5. The molecule has 222 valence electrons. The van der Waals surface area contributed by atoms with Crippen molar-refractivity contribution in [3.05, 3.63) is 84.3 Å². The van der Waals surface area contributed by atoms with Crippen molar-refractivity contribution in [1.82, 2.24) is 39.6 Å². The first-order chi connectivity index (χ1) is 21.3. The van der Waals surface area contributed by atoms with Crippen LogP contribution in [0, 0.1) is 17.1 Å². The first-order valence-corrected chi connectivity index (χ1v) is 13.8. The molecule has 0 saturated carbocycles. The van der Waals surface area contributed by atoms with Crippen molar-refractivity contribution in [2.24, 2.45) is 7.05 Å². The third kappa shape index (κ3) is 5.62. The molecule has 1 fully saturated rings. The van der Waals surface area contributed by atoms with E-state index in [0.717, 1.165) is 11.4 Å². The number of aryl methyl sites for hydroxylation is 1. The minimum absolute atomic E-state index is 0.114. The van der Waals surface area contributed by atoms with Crippen LogP contribution in [0.25, 0.3) is 28.0 Å². The number of fused-ring (bicyclic) bond motifs is 1. The lowest BCUT2D eigenvalue weighted by molar-refractivity contribution is -0.133. The second-order valence-electron chi connectivity index (χ2n) is 10.3. The number of carbonyl (C=O) groups is 2. The molecule has 6 rings (SSSR count). The molecule has 14 heteroatoms. The van der Waals surface area contributed by atoms with Crippen LogP contribution >= 0.6 is 0 Å². The van der Waals surface area contributed by atoms with Crippen LogP contribution in [0.3, 0.4) is 0 Å². The second-order valence-corrected chi connectivity index (χ2v) is 10.3. The van der Waals surface area contributed by atoms with Gasteiger partial charge in [-0.1, -0.05) is 12.1 Å².